The maximum Gasteiger partial charge on any atom is 0.227 e. The average Bonchev–Trinajstić information content (AvgIpc) is 2.87. The second-order valence-corrected chi connectivity index (χ2v) is 10.4. The van der Waals surface area contributed by atoms with Crippen LogP contribution in [0.1, 0.15) is 102 Å². The molecule has 0 bridgehead atoms. The zero-order valence-corrected chi connectivity index (χ0v) is 23.5. The van der Waals surface area contributed by atoms with Crippen LogP contribution in [-0.4, -0.2) is 17.6 Å². The molecule has 0 aliphatic carbocycles. The molecule has 2 N–H and O–H groups in total. The normalized spacial score (nSPS) is 11.0. The van der Waals surface area contributed by atoms with Gasteiger partial charge in [0.15, 0.2) is 5.75 Å². The Kier molecular flexibility index (Phi) is 14.8. The molecule has 0 aliphatic rings. The molecule has 2 aromatic rings. The Balaban J connectivity index is 1.64. The lowest BCUT2D eigenvalue weighted by molar-refractivity contribution is -0.116. The van der Waals surface area contributed by atoms with Gasteiger partial charge in [0.1, 0.15) is 5.75 Å². The summed E-state index contributed by atoms with van der Waals surface area (Å²) in [7, 11) is 0. The van der Waals surface area contributed by atoms with Gasteiger partial charge in [0.2, 0.25) is 5.91 Å². The third kappa shape index (κ3) is 11.0. The minimum Gasteiger partial charge on any atom is -0.504 e. The summed E-state index contributed by atoms with van der Waals surface area (Å²) in [5, 5.41) is 13.4. The SMILES string of the molecule is CCCCCCCCCCCCCCc1ccccc1OCCC(=O)Nc1cc(Cl)c(C)c(Cl)c1O. The Morgan fingerprint density at radius 2 is 1.50 bits per heavy atom. The molecule has 0 saturated heterocycles. The summed E-state index contributed by atoms with van der Waals surface area (Å²) in [6.45, 7) is 4.22. The molecule has 6 heteroatoms. The van der Waals surface area contributed by atoms with E-state index < -0.39 is 0 Å². The van der Waals surface area contributed by atoms with E-state index in [1.54, 1.807) is 6.92 Å². The number of para-hydroxylation sites is 1. The second-order valence-electron chi connectivity index (χ2n) is 9.59. The number of halogens is 2. The van der Waals surface area contributed by atoms with Crippen LogP contribution in [0.4, 0.5) is 5.69 Å². The summed E-state index contributed by atoms with van der Waals surface area (Å²) in [5.41, 5.74) is 1.95. The maximum atomic E-state index is 12.4. The van der Waals surface area contributed by atoms with Crippen LogP contribution in [0.5, 0.6) is 11.5 Å². The molecule has 2 rings (SSSR count). The highest BCUT2D eigenvalue weighted by molar-refractivity contribution is 6.37. The van der Waals surface area contributed by atoms with Crippen molar-refractivity contribution in [3.05, 3.63) is 51.5 Å². The molecule has 0 aliphatic heterocycles. The standard InChI is InChI=1S/C30H43Cl2NO3/c1-3-4-5-6-7-8-9-10-11-12-13-14-17-24-18-15-16-19-27(24)36-21-20-28(34)33-26-22-25(31)23(2)29(32)30(26)35/h15-16,18-19,22,35H,3-14,17,20-21H2,1-2H3,(H,33,34). The molecule has 1 amide bonds. The van der Waals surface area contributed by atoms with E-state index in [0.29, 0.717) is 10.6 Å². The van der Waals surface area contributed by atoms with E-state index in [0.717, 1.165) is 18.6 Å². The van der Waals surface area contributed by atoms with Crippen molar-refractivity contribution in [2.24, 2.45) is 0 Å². The number of carbonyl (C=O) groups is 1. The van der Waals surface area contributed by atoms with E-state index in [9.17, 15) is 9.90 Å². The van der Waals surface area contributed by atoms with E-state index in [4.69, 9.17) is 27.9 Å². The fraction of sp³-hybridized carbons (Fsp3) is 0.567. The lowest BCUT2D eigenvalue weighted by atomic mass is 10.0. The number of aryl methyl sites for hydroxylation is 1. The Morgan fingerprint density at radius 1 is 0.917 bits per heavy atom. The number of phenolic OH excluding ortho intramolecular Hbond substituents is 1. The number of nitrogens with one attached hydrogen (secondary N) is 1. The predicted octanol–water partition coefficient (Wildman–Crippen LogP) is 9.66. The van der Waals surface area contributed by atoms with Crippen molar-refractivity contribution in [2.75, 3.05) is 11.9 Å². The molecule has 200 valence electrons. The van der Waals surface area contributed by atoms with Gasteiger partial charge in [-0.05, 0) is 43.0 Å². The summed E-state index contributed by atoms with van der Waals surface area (Å²) in [4.78, 5) is 12.4. The number of unbranched alkanes of at least 4 members (excludes halogenated alkanes) is 11. The highest BCUT2D eigenvalue weighted by Gasteiger charge is 2.15. The molecule has 2 aromatic carbocycles. The smallest absolute Gasteiger partial charge is 0.227 e. The van der Waals surface area contributed by atoms with Gasteiger partial charge in [-0.15, -0.1) is 0 Å². The maximum absolute atomic E-state index is 12.4. The summed E-state index contributed by atoms with van der Waals surface area (Å²) in [6.07, 6.45) is 17.2. The van der Waals surface area contributed by atoms with Gasteiger partial charge in [-0.25, -0.2) is 0 Å². The van der Waals surface area contributed by atoms with Gasteiger partial charge in [0.05, 0.1) is 23.7 Å². The van der Waals surface area contributed by atoms with E-state index in [1.807, 2.05) is 18.2 Å². The number of amides is 1. The summed E-state index contributed by atoms with van der Waals surface area (Å²) < 4.78 is 5.92. The van der Waals surface area contributed by atoms with Gasteiger partial charge >= 0.3 is 0 Å². The molecule has 36 heavy (non-hydrogen) atoms. The molecule has 0 heterocycles. The van der Waals surface area contributed by atoms with Gasteiger partial charge in [0, 0.05) is 5.02 Å². The Labute approximate surface area is 227 Å². The van der Waals surface area contributed by atoms with Crippen molar-refractivity contribution in [3.63, 3.8) is 0 Å². The highest BCUT2D eigenvalue weighted by atomic mass is 35.5. The zero-order chi connectivity index (χ0) is 26.2. The summed E-state index contributed by atoms with van der Waals surface area (Å²) >= 11 is 12.2. The Morgan fingerprint density at radius 3 is 2.14 bits per heavy atom. The minimum atomic E-state index is -0.278. The molecule has 0 unspecified atom stereocenters. The number of hydrogen-bond donors (Lipinski definition) is 2. The van der Waals surface area contributed by atoms with Crippen LogP contribution < -0.4 is 10.1 Å². The quantitative estimate of drug-likeness (QED) is 0.147. The molecule has 0 fully saturated rings. The fourth-order valence-electron chi connectivity index (χ4n) is 4.27. The Hall–Kier alpha value is -1.91. The first kappa shape index (κ1) is 30.3. The van der Waals surface area contributed by atoms with Crippen molar-refractivity contribution in [1.29, 1.82) is 0 Å². The second kappa shape index (κ2) is 17.5. The Bertz CT molecular complexity index is 933. The number of hydrogen-bond acceptors (Lipinski definition) is 3. The number of phenols is 1. The topological polar surface area (TPSA) is 58.6 Å². The largest absolute Gasteiger partial charge is 0.504 e. The number of benzene rings is 2. The molecule has 0 spiro atoms. The van der Waals surface area contributed by atoms with Crippen LogP contribution in [0.2, 0.25) is 10.0 Å². The molecule has 0 aromatic heterocycles. The van der Waals surface area contributed by atoms with Crippen molar-refractivity contribution >= 4 is 34.8 Å². The van der Waals surface area contributed by atoms with Crippen LogP contribution in [0.3, 0.4) is 0 Å². The van der Waals surface area contributed by atoms with Crippen molar-refractivity contribution in [3.8, 4) is 11.5 Å². The third-order valence-corrected chi connectivity index (χ3v) is 7.41. The summed E-state index contributed by atoms with van der Waals surface area (Å²) in [6, 6.07) is 9.54. The lowest BCUT2D eigenvalue weighted by Gasteiger charge is -2.13. The van der Waals surface area contributed by atoms with E-state index >= 15 is 0 Å². The number of ether oxygens (including phenoxy) is 1. The highest BCUT2D eigenvalue weighted by Crippen LogP contribution is 2.38. The first-order chi connectivity index (χ1) is 17.4. The van der Waals surface area contributed by atoms with Gasteiger partial charge in [-0.1, -0.05) is 119 Å². The summed E-state index contributed by atoms with van der Waals surface area (Å²) in [5.74, 6) is 0.373. The first-order valence-corrected chi connectivity index (χ1v) is 14.4. The van der Waals surface area contributed by atoms with Gasteiger partial charge < -0.3 is 15.2 Å². The monoisotopic (exact) mass is 535 g/mol. The van der Waals surface area contributed by atoms with Crippen LogP contribution in [0.25, 0.3) is 0 Å². The number of aromatic hydroxyl groups is 1. The minimum absolute atomic E-state index is 0.140. The van der Waals surface area contributed by atoms with Gasteiger partial charge in [-0.2, -0.15) is 0 Å². The predicted molar refractivity (Wildman–Crippen MR) is 153 cm³/mol. The first-order valence-electron chi connectivity index (χ1n) is 13.6. The molecule has 4 nitrogen and oxygen atoms in total. The zero-order valence-electron chi connectivity index (χ0n) is 22.0. The average molecular weight is 537 g/mol. The van der Waals surface area contributed by atoms with Crippen molar-refractivity contribution < 1.29 is 14.6 Å². The van der Waals surface area contributed by atoms with Crippen LogP contribution in [0.15, 0.2) is 30.3 Å². The van der Waals surface area contributed by atoms with Crippen LogP contribution in [-0.2, 0) is 11.2 Å². The number of rotatable bonds is 18. The molecule has 0 radical (unpaired) electrons. The van der Waals surface area contributed by atoms with Crippen molar-refractivity contribution in [2.45, 2.75) is 104 Å². The fourth-order valence-corrected chi connectivity index (χ4v) is 4.73. The lowest BCUT2D eigenvalue weighted by Crippen LogP contribution is -2.15. The van der Waals surface area contributed by atoms with Crippen molar-refractivity contribution in [1.82, 2.24) is 0 Å². The molecular weight excluding hydrogens is 493 g/mol. The molecule has 0 atom stereocenters. The van der Waals surface area contributed by atoms with Crippen LogP contribution in [0, 0.1) is 6.92 Å². The number of carbonyl (C=O) groups excluding carboxylic acids is 1. The van der Waals surface area contributed by atoms with Crippen LogP contribution >= 0.6 is 23.2 Å². The van der Waals surface area contributed by atoms with Gasteiger partial charge in [-0.3, -0.25) is 4.79 Å². The van der Waals surface area contributed by atoms with E-state index in [2.05, 4.69) is 18.3 Å². The van der Waals surface area contributed by atoms with E-state index in [1.165, 1.54) is 82.3 Å². The molecule has 0 saturated carbocycles. The van der Waals surface area contributed by atoms with Gasteiger partial charge in [0.25, 0.3) is 0 Å². The third-order valence-electron chi connectivity index (χ3n) is 6.55. The molecular formula is C30H43Cl2NO3. The van der Waals surface area contributed by atoms with E-state index in [-0.39, 0.29) is 35.4 Å². The number of anilines is 1.